The fourth-order valence-electron chi connectivity index (χ4n) is 2.46. The minimum atomic E-state index is 0. The normalized spacial score (nSPS) is 16.2. The lowest BCUT2D eigenvalue weighted by molar-refractivity contribution is 0.232. The number of aliphatic imine (C=N–C) groups is 1. The molecule has 1 aliphatic rings. The van der Waals surface area contributed by atoms with Gasteiger partial charge >= 0.3 is 0 Å². The van der Waals surface area contributed by atoms with Crippen LogP contribution < -0.4 is 10.6 Å². The van der Waals surface area contributed by atoms with E-state index in [2.05, 4.69) is 37.6 Å². The Labute approximate surface area is 150 Å². The maximum atomic E-state index is 4.55. The highest BCUT2D eigenvalue weighted by Crippen LogP contribution is 2.07. The molecule has 0 radical (unpaired) electrons. The molecule has 1 aromatic heterocycles. The summed E-state index contributed by atoms with van der Waals surface area (Å²) < 4.78 is 1.89. The molecule has 0 saturated carbocycles. The van der Waals surface area contributed by atoms with Crippen LogP contribution in [0.4, 0.5) is 0 Å². The van der Waals surface area contributed by atoms with E-state index in [9.17, 15) is 0 Å². The van der Waals surface area contributed by atoms with Gasteiger partial charge in [-0.3, -0.25) is 0 Å². The van der Waals surface area contributed by atoms with Crippen LogP contribution in [-0.4, -0.2) is 58.3 Å². The molecule has 2 heterocycles. The Morgan fingerprint density at radius 3 is 2.68 bits per heavy atom. The van der Waals surface area contributed by atoms with E-state index < -0.39 is 0 Å². The van der Waals surface area contributed by atoms with Gasteiger partial charge in [0.15, 0.2) is 11.8 Å². The van der Waals surface area contributed by atoms with Crippen molar-refractivity contribution >= 4 is 29.9 Å². The number of likely N-dealkylation sites (tertiary alicyclic amines) is 1. The molecule has 0 amide bonds. The first-order chi connectivity index (χ1) is 10.3. The van der Waals surface area contributed by atoms with Crippen molar-refractivity contribution in [3.63, 3.8) is 0 Å². The Morgan fingerprint density at radius 1 is 1.27 bits per heavy atom. The fourth-order valence-corrected chi connectivity index (χ4v) is 2.46. The van der Waals surface area contributed by atoms with Gasteiger partial charge < -0.3 is 20.1 Å². The Balaban J connectivity index is 0.00000242. The van der Waals surface area contributed by atoms with Crippen LogP contribution in [0.2, 0.25) is 0 Å². The van der Waals surface area contributed by atoms with E-state index in [-0.39, 0.29) is 24.0 Å². The average Bonchev–Trinajstić information content (AvgIpc) is 2.91. The largest absolute Gasteiger partial charge is 0.357 e. The summed E-state index contributed by atoms with van der Waals surface area (Å²) in [4.78, 5) is 7.07. The molecule has 0 unspecified atom stereocenters. The summed E-state index contributed by atoms with van der Waals surface area (Å²) in [5.41, 5.74) is 0. The van der Waals surface area contributed by atoms with Crippen LogP contribution in [0.25, 0.3) is 0 Å². The fraction of sp³-hybridized carbons (Fsp3) is 0.786. The van der Waals surface area contributed by atoms with Crippen LogP contribution in [0, 0.1) is 0 Å². The van der Waals surface area contributed by atoms with E-state index in [1.807, 2.05) is 11.6 Å². The lowest BCUT2D eigenvalue weighted by atomic mass is 10.1. The molecular weight excluding hydrogens is 393 g/mol. The quantitative estimate of drug-likeness (QED) is 0.407. The number of halogens is 1. The smallest absolute Gasteiger partial charge is 0.191 e. The summed E-state index contributed by atoms with van der Waals surface area (Å²) in [7, 11) is 1.93. The van der Waals surface area contributed by atoms with Crippen LogP contribution in [-0.2, 0) is 13.6 Å². The number of guanidine groups is 1. The third-order valence-electron chi connectivity index (χ3n) is 3.70. The van der Waals surface area contributed by atoms with Crippen LogP contribution in [0.3, 0.4) is 0 Å². The number of rotatable bonds is 6. The van der Waals surface area contributed by atoms with Crippen LogP contribution in [0.15, 0.2) is 11.3 Å². The first kappa shape index (κ1) is 19.1. The molecule has 0 aliphatic carbocycles. The van der Waals surface area contributed by atoms with Crippen molar-refractivity contribution in [3.8, 4) is 0 Å². The third kappa shape index (κ3) is 6.47. The van der Waals surface area contributed by atoms with Crippen molar-refractivity contribution < 1.29 is 0 Å². The molecule has 22 heavy (non-hydrogen) atoms. The van der Waals surface area contributed by atoms with Gasteiger partial charge in [0.05, 0.1) is 0 Å². The lowest BCUT2D eigenvalue weighted by Crippen LogP contribution is -2.42. The van der Waals surface area contributed by atoms with Crippen molar-refractivity contribution in [2.45, 2.75) is 32.7 Å². The number of nitrogens with zero attached hydrogens (tertiary/aromatic N) is 5. The van der Waals surface area contributed by atoms with Crippen LogP contribution in [0.1, 0.15) is 32.0 Å². The van der Waals surface area contributed by atoms with Crippen molar-refractivity contribution in [1.29, 1.82) is 0 Å². The molecule has 0 atom stereocenters. The first-order valence-electron chi connectivity index (χ1n) is 7.87. The summed E-state index contributed by atoms with van der Waals surface area (Å²) in [5, 5.41) is 14.6. The zero-order valence-electron chi connectivity index (χ0n) is 13.6. The lowest BCUT2D eigenvalue weighted by Gasteiger charge is -2.26. The van der Waals surface area contributed by atoms with Gasteiger partial charge in [-0.1, -0.05) is 6.42 Å². The molecule has 1 fully saturated rings. The van der Waals surface area contributed by atoms with E-state index >= 15 is 0 Å². The van der Waals surface area contributed by atoms with E-state index in [1.165, 1.54) is 32.4 Å². The van der Waals surface area contributed by atoms with E-state index in [1.54, 1.807) is 6.33 Å². The molecule has 1 saturated heterocycles. The maximum Gasteiger partial charge on any atom is 0.191 e. The van der Waals surface area contributed by atoms with Crippen LogP contribution in [0.5, 0.6) is 0 Å². The number of piperidine rings is 1. The minimum absolute atomic E-state index is 0. The van der Waals surface area contributed by atoms with E-state index in [0.29, 0.717) is 6.54 Å². The highest BCUT2D eigenvalue weighted by atomic mass is 127. The second-order valence-electron chi connectivity index (χ2n) is 5.38. The minimum Gasteiger partial charge on any atom is -0.357 e. The highest BCUT2D eigenvalue weighted by Gasteiger charge is 2.09. The Bertz CT molecular complexity index is 440. The number of aryl methyl sites for hydroxylation is 1. The summed E-state index contributed by atoms with van der Waals surface area (Å²) in [5.74, 6) is 1.71. The third-order valence-corrected chi connectivity index (χ3v) is 3.70. The standard InChI is InChI=1S/C14H27N7.HI/c1-3-15-14(17-11-13-19-18-12-20(13)2)16-7-10-21-8-5-4-6-9-21;/h12H,3-11H2,1-2H3,(H2,15,16,17);1H. The Hall–Kier alpha value is -0.900. The zero-order valence-corrected chi connectivity index (χ0v) is 15.9. The second-order valence-corrected chi connectivity index (χ2v) is 5.38. The molecule has 0 spiro atoms. The van der Waals surface area contributed by atoms with Crippen molar-refractivity contribution in [2.75, 3.05) is 32.7 Å². The number of nitrogens with one attached hydrogen (secondary N) is 2. The van der Waals surface area contributed by atoms with Gasteiger partial charge in [-0.15, -0.1) is 34.2 Å². The predicted octanol–water partition coefficient (Wildman–Crippen LogP) is 0.974. The SMILES string of the molecule is CCNC(=NCc1nncn1C)NCCN1CCCCC1.I. The summed E-state index contributed by atoms with van der Waals surface area (Å²) in [6.45, 7) is 7.93. The van der Waals surface area contributed by atoms with Gasteiger partial charge in [-0.2, -0.15) is 0 Å². The summed E-state index contributed by atoms with van der Waals surface area (Å²) in [6, 6.07) is 0. The van der Waals surface area contributed by atoms with Gasteiger partial charge in [0.1, 0.15) is 12.9 Å². The average molecular weight is 421 g/mol. The topological polar surface area (TPSA) is 70.4 Å². The molecule has 0 bridgehead atoms. The maximum absolute atomic E-state index is 4.55. The predicted molar refractivity (Wildman–Crippen MR) is 99.5 cm³/mol. The summed E-state index contributed by atoms with van der Waals surface area (Å²) >= 11 is 0. The van der Waals surface area contributed by atoms with Crippen LogP contribution >= 0.6 is 24.0 Å². The van der Waals surface area contributed by atoms with Crippen molar-refractivity contribution in [3.05, 3.63) is 12.2 Å². The van der Waals surface area contributed by atoms with Gasteiger partial charge in [0.25, 0.3) is 0 Å². The molecule has 126 valence electrons. The number of hydrogen-bond donors (Lipinski definition) is 2. The van der Waals surface area contributed by atoms with Crippen molar-refractivity contribution in [1.82, 2.24) is 30.3 Å². The van der Waals surface area contributed by atoms with Gasteiger partial charge in [0.2, 0.25) is 0 Å². The zero-order chi connectivity index (χ0) is 14.9. The van der Waals surface area contributed by atoms with Gasteiger partial charge in [-0.05, 0) is 32.9 Å². The Kier molecular flexibility index (Phi) is 9.37. The monoisotopic (exact) mass is 421 g/mol. The summed E-state index contributed by atoms with van der Waals surface area (Å²) in [6.07, 6.45) is 5.74. The number of hydrogen-bond acceptors (Lipinski definition) is 4. The molecule has 7 nitrogen and oxygen atoms in total. The molecule has 1 aliphatic heterocycles. The van der Waals surface area contributed by atoms with Crippen molar-refractivity contribution in [2.24, 2.45) is 12.0 Å². The highest BCUT2D eigenvalue weighted by molar-refractivity contribution is 14.0. The van der Waals surface area contributed by atoms with E-state index in [0.717, 1.165) is 31.4 Å². The first-order valence-corrected chi connectivity index (χ1v) is 7.87. The molecule has 2 N–H and O–H groups in total. The van der Waals surface area contributed by atoms with Gasteiger partial charge in [0, 0.05) is 26.7 Å². The molecular formula is C14H28IN7. The van der Waals surface area contributed by atoms with E-state index in [4.69, 9.17) is 0 Å². The molecule has 1 aromatic rings. The molecule has 8 heteroatoms. The van der Waals surface area contributed by atoms with Gasteiger partial charge in [-0.25, -0.2) is 4.99 Å². The Morgan fingerprint density at radius 2 is 2.05 bits per heavy atom. The second kappa shape index (κ2) is 10.8. The number of aromatic nitrogens is 3. The molecule has 2 rings (SSSR count). The molecule has 0 aromatic carbocycles.